The maximum atomic E-state index is 10.8. The van der Waals surface area contributed by atoms with Crippen molar-refractivity contribution in [3.63, 3.8) is 0 Å². The molecule has 1 saturated carbocycles. The molecule has 1 aliphatic carbocycles. The maximum Gasteiger partial charge on any atom is 0.185 e. The molecule has 5 nitrogen and oxygen atoms in total. The summed E-state index contributed by atoms with van der Waals surface area (Å²) < 4.78 is 1.90. The summed E-state index contributed by atoms with van der Waals surface area (Å²) in [7, 11) is 0. The van der Waals surface area contributed by atoms with E-state index in [0.29, 0.717) is 18.5 Å². The molecule has 0 saturated heterocycles. The molecule has 0 unspecified atom stereocenters. The van der Waals surface area contributed by atoms with Gasteiger partial charge in [-0.05, 0) is 18.8 Å². The smallest absolute Gasteiger partial charge is 0.185 e. The van der Waals surface area contributed by atoms with E-state index in [0.717, 1.165) is 24.3 Å². The number of rotatable bonds is 4. The molecule has 16 heavy (non-hydrogen) atoms. The van der Waals surface area contributed by atoms with Gasteiger partial charge in [-0.15, -0.1) is 5.10 Å². The Hall–Kier alpha value is -0.880. The van der Waals surface area contributed by atoms with Gasteiger partial charge < -0.3 is 5.73 Å². The third-order valence-corrected chi connectivity index (χ3v) is 3.92. The minimum atomic E-state index is 0.203. The first-order valence-corrected chi connectivity index (χ1v) is 6.41. The fourth-order valence-electron chi connectivity index (χ4n) is 1.87. The molecule has 2 rings (SSSR count). The standard InChI is InChI=1S/C10H16N4OS/c1-7(15)16-6-8-2-10(3-8)14-5-9(4-11)12-13-14/h5,8,10H,2-4,6,11H2,1H3. The van der Waals surface area contributed by atoms with E-state index in [-0.39, 0.29) is 5.12 Å². The summed E-state index contributed by atoms with van der Waals surface area (Å²) in [4.78, 5) is 10.8. The summed E-state index contributed by atoms with van der Waals surface area (Å²) in [6.45, 7) is 2.06. The lowest BCUT2D eigenvalue weighted by atomic mass is 9.82. The van der Waals surface area contributed by atoms with Crippen LogP contribution >= 0.6 is 11.8 Å². The van der Waals surface area contributed by atoms with E-state index in [1.807, 2.05) is 10.9 Å². The largest absolute Gasteiger partial charge is 0.325 e. The molecule has 0 atom stereocenters. The Morgan fingerprint density at radius 2 is 2.44 bits per heavy atom. The number of nitrogens with zero attached hydrogens (tertiary/aromatic N) is 3. The van der Waals surface area contributed by atoms with Crippen LogP contribution in [0.1, 0.15) is 31.5 Å². The Labute approximate surface area is 98.8 Å². The second kappa shape index (κ2) is 4.97. The summed E-state index contributed by atoms with van der Waals surface area (Å²) in [5.41, 5.74) is 6.31. The second-order valence-electron chi connectivity index (χ2n) is 4.19. The van der Waals surface area contributed by atoms with Crippen molar-refractivity contribution in [1.82, 2.24) is 15.0 Å². The quantitative estimate of drug-likeness (QED) is 0.848. The van der Waals surface area contributed by atoms with Gasteiger partial charge in [0, 0.05) is 19.2 Å². The lowest BCUT2D eigenvalue weighted by Crippen LogP contribution is -2.29. The van der Waals surface area contributed by atoms with Crippen molar-refractivity contribution in [1.29, 1.82) is 0 Å². The van der Waals surface area contributed by atoms with Gasteiger partial charge in [0.05, 0.1) is 17.9 Å². The third-order valence-electron chi connectivity index (χ3n) is 2.87. The highest BCUT2D eigenvalue weighted by molar-refractivity contribution is 8.13. The molecule has 0 bridgehead atoms. The van der Waals surface area contributed by atoms with Gasteiger partial charge in [-0.2, -0.15) is 0 Å². The van der Waals surface area contributed by atoms with E-state index < -0.39 is 0 Å². The molecule has 0 amide bonds. The highest BCUT2D eigenvalue weighted by Crippen LogP contribution is 2.39. The number of hydrogen-bond donors (Lipinski definition) is 1. The normalized spacial score (nSPS) is 24.1. The molecule has 1 aromatic rings. The summed E-state index contributed by atoms with van der Waals surface area (Å²) in [5, 5.41) is 8.22. The van der Waals surface area contributed by atoms with Gasteiger partial charge in [0.15, 0.2) is 5.12 Å². The van der Waals surface area contributed by atoms with Gasteiger partial charge in [-0.3, -0.25) is 4.79 Å². The van der Waals surface area contributed by atoms with Crippen molar-refractivity contribution in [2.45, 2.75) is 32.4 Å². The van der Waals surface area contributed by atoms with Crippen molar-refractivity contribution in [2.24, 2.45) is 11.7 Å². The van der Waals surface area contributed by atoms with Gasteiger partial charge in [0.1, 0.15) is 0 Å². The van der Waals surface area contributed by atoms with Crippen LogP contribution in [0.3, 0.4) is 0 Å². The Balaban J connectivity index is 1.77. The van der Waals surface area contributed by atoms with Gasteiger partial charge in [0.25, 0.3) is 0 Å². The molecule has 2 N–H and O–H groups in total. The van der Waals surface area contributed by atoms with E-state index in [4.69, 9.17) is 5.73 Å². The van der Waals surface area contributed by atoms with E-state index in [9.17, 15) is 4.79 Å². The summed E-state index contributed by atoms with van der Waals surface area (Å²) >= 11 is 1.42. The average Bonchev–Trinajstić information content (AvgIpc) is 2.63. The number of carbonyl (C=O) groups excluding carboxylic acids is 1. The van der Waals surface area contributed by atoms with Crippen LogP contribution in [0.15, 0.2) is 6.20 Å². The Morgan fingerprint density at radius 1 is 1.69 bits per heavy atom. The van der Waals surface area contributed by atoms with Crippen LogP contribution in [0.5, 0.6) is 0 Å². The molecular weight excluding hydrogens is 224 g/mol. The fraction of sp³-hybridized carbons (Fsp3) is 0.700. The molecule has 1 aliphatic rings. The van der Waals surface area contributed by atoms with E-state index in [1.54, 1.807) is 6.92 Å². The zero-order valence-corrected chi connectivity index (χ0v) is 10.1. The van der Waals surface area contributed by atoms with Crippen LogP contribution in [0, 0.1) is 5.92 Å². The van der Waals surface area contributed by atoms with Crippen molar-refractivity contribution >= 4 is 16.9 Å². The van der Waals surface area contributed by atoms with Crippen LogP contribution < -0.4 is 5.73 Å². The first kappa shape index (κ1) is 11.6. The number of aromatic nitrogens is 3. The summed E-state index contributed by atoms with van der Waals surface area (Å²) in [6.07, 6.45) is 4.10. The van der Waals surface area contributed by atoms with Crippen LogP contribution in [0.4, 0.5) is 0 Å². The fourth-order valence-corrected chi connectivity index (χ4v) is 2.62. The third kappa shape index (κ3) is 2.62. The van der Waals surface area contributed by atoms with E-state index >= 15 is 0 Å². The molecule has 0 aliphatic heterocycles. The van der Waals surface area contributed by atoms with Gasteiger partial charge in [-0.25, -0.2) is 4.68 Å². The number of nitrogens with two attached hydrogens (primary N) is 1. The highest BCUT2D eigenvalue weighted by atomic mass is 32.2. The predicted octanol–water partition coefficient (Wildman–Crippen LogP) is 0.968. The SMILES string of the molecule is CC(=O)SCC1CC(n2cc(CN)nn2)C1. The van der Waals surface area contributed by atoms with Gasteiger partial charge in [-0.1, -0.05) is 17.0 Å². The highest BCUT2D eigenvalue weighted by Gasteiger charge is 2.31. The second-order valence-corrected chi connectivity index (χ2v) is 5.38. The molecule has 1 fully saturated rings. The average molecular weight is 240 g/mol. The predicted molar refractivity (Wildman–Crippen MR) is 62.8 cm³/mol. The van der Waals surface area contributed by atoms with Crippen molar-refractivity contribution in [3.05, 3.63) is 11.9 Å². The molecular formula is C10H16N4OS. The maximum absolute atomic E-state index is 10.8. The first-order valence-electron chi connectivity index (χ1n) is 5.43. The van der Waals surface area contributed by atoms with Gasteiger partial charge >= 0.3 is 0 Å². The Kier molecular flexibility index (Phi) is 3.60. The minimum absolute atomic E-state index is 0.203. The van der Waals surface area contributed by atoms with Gasteiger partial charge in [0.2, 0.25) is 0 Å². The lowest BCUT2D eigenvalue weighted by Gasteiger charge is -2.34. The number of carbonyl (C=O) groups is 1. The van der Waals surface area contributed by atoms with Crippen LogP contribution in [0.2, 0.25) is 0 Å². The van der Waals surface area contributed by atoms with E-state index in [1.165, 1.54) is 11.8 Å². The zero-order chi connectivity index (χ0) is 11.5. The molecule has 88 valence electrons. The number of thioether (sulfide) groups is 1. The molecule has 0 aromatic carbocycles. The van der Waals surface area contributed by atoms with Crippen LogP contribution in [0.25, 0.3) is 0 Å². The van der Waals surface area contributed by atoms with Crippen LogP contribution in [-0.2, 0) is 11.3 Å². The summed E-state index contributed by atoms with van der Waals surface area (Å²) in [6, 6.07) is 0.449. The molecule has 0 radical (unpaired) electrons. The first-order chi connectivity index (χ1) is 7.69. The minimum Gasteiger partial charge on any atom is -0.325 e. The van der Waals surface area contributed by atoms with Crippen LogP contribution in [-0.4, -0.2) is 25.9 Å². The molecule has 1 heterocycles. The topological polar surface area (TPSA) is 73.8 Å². The zero-order valence-electron chi connectivity index (χ0n) is 9.30. The lowest BCUT2D eigenvalue weighted by molar-refractivity contribution is -0.109. The molecule has 1 aromatic heterocycles. The monoisotopic (exact) mass is 240 g/mol. The molecule has 0 spiro atoms. The number of hydrogen-bond acceptors (Lipinski definition) is 5. The van der Waals surface area contributed by atoms with Crippen molar-refractivity contribution < 1.29 is 4.79 Å². The van der Waals surface area contributed by atoms with Crippen molar-refractivity contribution in [2.75, 3.05) is 5.75 Å². The van der Waals surface area contributed by atoms with Crippen molar-refractivity contribution in [3.8, 4) is 0 Å². The molecule has 6 heteroatoms. The Bertz CT molecular complexity index is 373. The summed E-state index contributed by atoms with van der Waals surface area (Å²) in [5.74, 6) is 1.58. The van der Waals surface area contributed by atoms with E-state index in [2.05, 4.69) is 10.3 Å². The Morgan fingerprint density at radius 3 is 3.00 bits per heavy atom.